The van der Waals surface area contributed by atoms with Crippen LogP contribution in [0.25, 0.3) is 10.9 Å². The number of hydrogen-bond donors (Lipinski definition) is 3. The Balaban J connectivity index is 1.78. The lowest BCUT2D eigenvalue weighted by Gasteiger charge is -2.10. The Kier molecular flexibility index (Phi) is 3.74. The zero-order valence-corrected chi connectivity index (χ0v) is 12.4. The average molecular weight is 295 g/mol. The number of pyridine rings is 1. The van der Waals surface area contributed by atoms with E-state index in [4.69, 9.17) is 0 Å². The van der Waals surface area contributed by atoms with Crippen LogP contribution in [0.3, 0.4) is 0 Å². The van der Waals surface area contributed by atoms with Crippen LogP contribution in [0, 0.1) is 0 Å². The Bertz CT molecular complexity index is 809. The molecular weight excluding hydrogens is 278 g/mol. The molecule has 0 spiro atoms. The maximum absolute atomic E-state index is 12.3. The van der Waals surface area contributed by atoms with E-state index in [1.807, 2.05) is 32.0 Å². The molecule has 22 heavy (non-hydrogen) atoms. The normalized spacial score (nSPS) is 10.9. The van der Waals surface area contributed by atoms with Crippen molar-refractivity contribution in [1.29, 1.82) is 0 Å². The van der Waals surface area contributed by atoms with Gasteiger partial charge in [-0.1, -0.05) is 0 Å². The highest BCUT2D eigenvalue weighted by Crippen LogP contribution is 2.17. The van der Waals surface area contributed by atoms with E-state index in [1.165, 1.54) is 0 Å². The lowest BCUT2D eigenvalue weighted by Crippen LogP contribution is -2.14. The number of carbonyl (C=O) groups is 1. The van der Waals surface area contributed by atoms with Crippen molar-refractivity contribution in [2.24, 2.45) is 0 Å². The first-order valence-electron chi connectivity index (χ1n) is 7.09. The summed E-state index contributed by atoms with van der Waals surface area (Å²) in [4.78, 5) is 16.5. The molecule has 0 bridgehead atoms. The fourth-order valence-corrected chi connectivity index (χ4v) is 2.16. The van der Waals surface area contributed by atoms with Crippen LogP contribution in [-0.2, 0) is 0 Å². The Labute approximate surface area is 128 Å². The van der Waals surface area contributed by atoms with Crippen LogP contribution in [0.15, 0.2) is 42.7 Å². The number of benzene rings is 1. The van der Waals surface area contributed by atoms with Gasteiger partial charge in [0.2, 0.25) is 0 Å². The Morgan fingerprint density at radius 1 is 1.23 bits per heavy atom. The smallest absolute Gasteiger partial charge is 0.255 e. The minimum Gasteiger partial charge on any atom is -0.368 e. The summed E-state index contributed by atoms with van der Waals surface area (Å²) in [5.41, 5.74) is 2.16. The van der Waals surface area contributed by atoms with Crippen molar-refractivity contribution < 1.29 is 4.79 Å². The Hall–Kier alpha value is -2.89. The minimum atomic E-state index is -0.173. The highest BCUT2D eigenvalue weighted by Gasteiger charge is 2.08. The van der Waals surface area contributed by atoms with Crippen molar-refractivity contribution in [3.63, 3.8) is 0 Å². The summed E-state index contributed by atoms with van der Waals surface area (Å²) in [6, 6.07) is 9.30. The number of aromatic amines is 1. The maximum atomic E-state index is 12.3. The van der Waals surface area contributed by atoms with Crippen LogP contribution < -0.4 is 10.6 Å². The lowest BCUT2D eigenvalue weighted by molar-refractivity contribution is 0.102. The highest BCUT2D eigenvalue weighted by molar-refractivity contribution is 6.05. The van der Waals surface area contributed by atoms with Gasteiger partial charge in [-0.15, -0.1) is 0 Å². The van der Waals surface area contributed by atoms with Crippen molar-refractivity contribution in [2.75, 3.05) is 10.6 Å². The molecule has 3 aromatic rings. The van der Waals surface area contributed by atoms with Gasteiger partial charge in [0.05, 0.1) is 11.7 Å². The molecule has 0 fully saturated rings. The van der Waals surface area contributed by atoms with Gasteiger partial charge in [-0.05, 0) is 44.2 Å². The number of rotatable bonds is 4. The van der Waals surface area contributed by atoms with E-state index in [9.17, 15) is 4.79 Å². The molecule has 0 atom stereocenters. The molecule has 3 rings (SSSR count). The summed E-state index contributed by atoms with van der Waals surface area (Å²) in [6.45, 7) is 4.04. The first-order valence-corrected chi connectivity index (χ1v) is 7.09. The molecule has 6 heteroatoms. The van der Waals surface area contributed by atoms with Crippen LogP contribution in [0.5, 0.6) is 0 Å². The molecule has 2 heterocycles. The highest BCUT2D eigenvalue weighted by atomic mass is 16.1. The number of hydrogen-bond acceptors (Lipinski definition) is 4. The van der Waals surface area contributed by atoms with Crippen LogP contribution in [0.1, 0.15) is 24.2 Å². The maximum Gasteiger partial charge on any atom is 0.255 e. The second-order valence-electron chi connectivity index (χ2n) is 5.35. The van der Waals surface area contributed by atoms with Gasteiger partial charge in [-0.3, -0.25) is 9.89 Å². The van der Waals surface area contributed by atoms with Crippen LogP contribution >= 0.6 is 0 Å². The Morgan fingerprint density at radius 3 is 2.91 bits per heavy atom. The number of amides is 1. The van der Waals surface area contributed by atoms with Gasteiger partial charge in [0.15, 0.2) is 0 Å². The SMILES string of the molecule is CC(C)Nc1cc(C(=O)Nc2ccc3cn[nH]c3c2)ccn1. The molecule has 3 N–H and O–H groups in total. The standard InChI is InChI=1S/C16H17N5O/c1-10(2)19-15-7-11(5-6-17-15)16(22)20-13-4-3-12-9-18-21-14(12)8-13/h3-10H,1-2H3,(H,17,19)(H,18,21)(H,20,22). The third-order valence-electron chi connectivity index (χ3n) is 3.16. The molecule has 0 radical (unpaired) electrons. The number of carbonyl (C=O) groups excluding carboxylic acids is 1. The molecule has 0 saturated carbocycles. The van der Waals surface area contributed by atoms with E-state index in [2.05, 4.69) is 25.8 Å². The first-order chi connectivity index (χ1) is 10.6. The van der Waals surface area contributed by atoms with Crippen molar-refractivity contribution in [1.82, 2.24) is 15.2 Å². The van der Waals surface area contributed by atoms with Crippen molar-refractivity contribution in [2.45, 2.75) is 19.9 Å². The second kappa shape index (κ2) is 5.85. The molecule has 6 nitrogen and oxygen atoms in total. The van der Waals surface area contributed by atoms with E-state index in [0.29, 0.717) is 11.4 Å². The van der Waals surface area contributed by atoms with Gasteiger partial charge in [0.1, 0.15) is 5.82 Å². The minimum absolute atomic E-state index is 0.173. The summed E-state index contributed by atoms with van der Waals surface area (Å²) in [5, 5.41) is 13.9. The zero-order valence-electron chi connectivity index (χ0n) is 12.4. The number of nitrogens with zero attached hydrogens (tertiary/aromatic N) is 2. The first kappa shape index (κ1) is 14.1. The molecule has 1 amide bonds. The van der Waals surface area contributed by atoms with Gasteiger partial charge >= 0.3 is 0 Å². The summed E-state index contributed by atoms with van der Waals surface area (Å²) < 4.78 is 0. The van der Waals surface area contributed by atoms with E-state index < -0.39 is 0 Å². The third-order valence-corrected chi connectivity index (χ3v) is 3.16. The molecule has 0 aliphatic carbocycles. The second-order valence-corrected chi connectivity index (χ2v) is 5.35. The van der Waals surface area contributed by atoms with E-state index in [0.717, 1.165) is 16.6 Å². The summed E-state index contributed by atoms with van der Waals surface area (Å²) in [6.07, 6.45) is 3.37. The summed E-state index contributed by atoms with van der Waals surface area (Å²) in [7, 11) is 0. The molecule has 0 unspecified atom stereocenters. The van der Waals surface area contributed by atoms with Gasteiger partial charge < -0.3 is 10.6 Å². The molecule has 112 valence electrons. The third kappa shape index (κ3) is 3.06. The van der Waals surface area contributed by atoms with Crippen molar-refractivity contribution in [3.05, 3.63) is 48.3 Å². The zero-order chi connectivity index (χ0) is 15.5. The van der Waals surface area contributed by atoms with Crippen LogP contribution in [0.2, 0.25) is 0 Å². The molecule has 1 aromatic carbocycles. The number of aromatic nitrogens is 3. The van der Waals surface area contributed by atoms with Gasteiger partial charge in [0, 0.05) is 28.9 Å². The van der Waals surface area contributed by atoms with E-state index in [-0.39, 0.29) is 11.9 Å². The molecular formula is C16H17N5O. The molecule has 0 aliphatic heterocycles. The van der Waals surface area contributed by atoms with Crippen molar-refractivity contribution >= 4 is 28.3 Å². The number of nitrogens with one attached hydrogen (secondary N) is 3. The summed E-state index contributed by atoms with van der Waals surface area (Å²) >= 11 is 0. The fourth-order valence-electron chi connectivity index (χ4n) is 2.16. The summed E-state index contributed by atoms with van der Waals surface area (Å²) in [5.74, 6) is 0.514. The fraction of sp³-hybridized carbons (Fsp3) is 0.188. The number of anilines is 2. The van der Waals surface area contributed by atoms with E-state index >= 15 is 0 Å². The van der Waals surface area contributed by atoms with Gasteiger partial charge in [-0.2, -0.15) is 5.10 Å². The van der Waals surface area contributed by atoms with E-state index in [1.54, 1.807) is 24.5 Å². The van der Waals surface area contributed by atoms with Gasteiger partial charge in [0.25, 0.3) is 5.91 Å². The predicted molar refractivity (Wildman–Crippen MR) is 87.0 cm³/mol. The van der Waals surface area contributed by atoms with Crippen molar-refractivity contribution in [3.8, 4) is 0 Å². The number of fused-ring (bicyclic) bond motifs is 1. The molecule has 2 aromatic heterocycles. The Morgan fingerprint density at radius 2 is 2.09 bits per heavy atom. The quantitative estimate of drug-likeness (QED) is 0.691. The molecule has 0 aliphatic rings. The van der Waals surface area contributed by atoms with Crippen LogP contribution in [0.4, 0.5) is 11.5 Å². The topological polar surface area (TPSA) is 82.7 Å². The lowest BCUT2D eigenvalue weighted by atomic mass is 10.2. The number of H-pyrrole nitrogens is 1. The van der Waals surface area contributed by atoms with Gasteiger partial charge in [-0.25, -0.2) is 4.98 Å². The predicted octanol–water partition coefficient (Wildman–Crippen LogP) is 3.03. The average Bonchev–Trinajstić information content (AvgIpc) is 2.94. The largest absolute Gasteiger partial charge is 0.368 e. The monoisotopic (exact) mass is 295 g/mol. The van der Waals surface area contributed by atoms with Crippen LogP contribution in [-0.4, -0.2) is 27.1 Å². The molecule has 0 saturated heterocycles.